The van der Waals surface area contributed by atoms with Crippen LogP contribution in [0.1, 0.15) is 27.7 Å². The predicted octanol–water partition coefficient (Wildman–Crippen LogP) is 1.71. The molecule has 1 atom stereocenters. The van der Waals surface area contributed by atoms with Crippen LogP contribution in [0.25, 0.3) is 0 Å². The Balaban J connectivity index is 4.33. The highest BCUT2D eigenvalue weighted by Gasteiger charge is 2.27. The minimum Gasteiger partial charge on any atom is -0.463 e. The highest BCUT2D eigenvalue weighted by atomic mass is 32.1. The van der Waals surface area contributed by atoms with Gasteiger partial charge in [0.25, 0.3) is 0 Å². The van der Waals surface area contributed by atoms with Crippen LogP contribution < -0.4 is 0 Å². The molecule has 0 heterocycles. The summed E-state index contributed by atoms with van der Waals surface area (Å²) in [6, 6.07) is -0.676. The number of thiol groups is 1. The minimum absolute atomic E-state index is 0.231. The van der Waals surface area contributed by atoms with E-state index in [1.165, 1.54) is 11.9 Å². The molecule has 0 aromatic heterocycles. The van der Waals surface area contributed by atoms with Gasteiger partial charge in [-0.3, -0.25) is 4.90 Å². The number of carbonyl (C=O) groups excluding carboxylic acids is 2. The van der Waals surface area contributed by atoms with Gasteiger partial charge in [-0.1, -0.05) is 0 Å². The summed E-state index contributed by atoms with van der Waals surface area (Å²) in [5.41, 5.74) is -0.583. The zero-order valence-electron chi connectivity index (χ0n) is 11.0. The Morgan fingerprint density at radius 2 is 1.88 bits per heavy atom. The molecule has 1 unspecified atom stereocenters. The number of esters is 1. The topological polar surface area (TPSA) is 55.8 Å². The number of hydrogen-bond donors (Lipinski definition) is 1. The lowest BCUT2D eigenvalue weighted by Crippen LogP contribution is -2.44. The molecule has 0 N–H and O–H groups in total. The van der Waals surface area contributed by atoms with Crippen molar-refractivity contribution in [3.8, 4) is 0 Å². The van der Waals surface area contributed by atoms with Crippen LogP contribution in [0.4, 0.5) is 4.79 Å². The standard InChI is InChI=1S/C11H21NO4S/c1-8(9(13)15-6-7-17)12(5)10(14)16-11(2,3)4/h8,17H,6-7H2,1-5H3. The van der Waals surface area contributed by atoms with Crippen molar-refractivity contribution >= 4 is 24.7 Å². The van der Waals surface area contributed by atoms with Gasteiger partial charge in [-0.05, 0) is 27.7 Å². The van der Waals surface area contributed by atoms with Gasteiger partial charge in [-0.25, -0.2) is 9.59 Å². The van der Waals surface area contributed by atoms with Crippen molar-refractivity contribution in [3.63, 3.8) is 0 Å². The van der Waals surface area contributed by atoms with Crippen LogP contribution in [-0.4, -0.2) is 48.0 Å². The SMILES string of the molecule is CC(C(=O)OCCS)N(C)C(=O)OC(C)(C)C. The second-order valence-corrected chi connectivity index (χ2v) is 5.11. The van der Waals surface area contributed by atoms with E-state index in [9.17, 15) is 9.59 Å². The van der Waals surface area contributed by atoms with Crippen molar-refractivity contribution in [2.45, 2.75) is 39.3 Å². The van der Waals surface area contributed by atoms with Gasteiger partial charge in [-0.15, -0.1) is 0 Å². The molecule has 0 aromatic rings. The third-order valence-corrected chi connectivity index (χ3v) is 2.12. The summed E-state index contributed by atoms with van der Waals surface area (Å²) in [7, 11) is 1.50. The first-order valence-electron chi connectivity index (χ1n) is 5.42. The maximum Gasteiger partial charge on any atom is 0.410 e. The fourth-order valence-electron chi connectivity index (χ4n) is 0.917. The molecule has 0 aliphatic rings. The zero-order valence-corrected chi connectivity index (χ0v) is 11.9. The van der Waals surface area contributed by atoms with Crippen LogP contribution in [0.15, 0.2) is 0 Å². The Kier molecular flexibility index (Phi) is 6.37. The molecular weight excluding hydrogens is 242 g/mol. The molecule has 0 saturated carbocycles. The van der Waals surface area contributed by atoms with E-state index in [0.717, 1.165) is 0 Å². The molecule has 0 aromatic carbocycles. The molecule has 0 fully saturated rings. The molecule has 0 aliphatic carbocycles. The summed E-state index contributed by atoms with van der Waals surface area (Å²) in [4.78, 5) is 24.4. The van der Waals surface area contributed by atoms with Gasteiger partial charge in [0.1, 0.15) is 18.2 Å². The van der Waals surface area contributed by atoms with Crippen molar-refractivity contribution < 1.29 is 19.1 Å². The lowest BCUT2D eigenvalue weighted by molar-refractivity contribution is -0.148. The number of carbonyl (C=O) groups is 2. The summed E-state index contributed by atoms with van der Waals surface area (Å²) in [6.45, 7) is 7.12. The largest absolute Gasteiger partial charge is 0.463 e. The van der Waals surface area contributed by atoms with Crippen molar-refractivity contribution in [2.24, 2.45) is 0 Å². The molecule has 0 aliphatic heterocycles. The monoisotopic (exact) mass is 263 g/mol. The molecule has 6 heteroatoms. The van der Waals surface area contributed by atoms with Crippen molar-refractivity contribution in [2.75, 3.05) is 19.4 Å². The molecule has 0 saturated heterocycles. The van der Waals surface area contributed by atoms with E-state index in [1.807, 2.05) is 0 Å². The van der Waals surface area contributed by atoms with E-state index in [2.05, 4.69) is 12.6 Å². The second kappa shape index (κ2) is 6.74. The van der Waals surface area contributed by atoms with Crippen molar-refractivity contribution in [1.29, 1.82) is 0 Å². The molecule has 100 valence electrons. The fourth-order valence-corrected chi connectivity index (χ4v) is 1.01. The van der Waals surface area contributed by atoms with Crippen LogP contribution >= 0.6 is 12.6 Å². The van der Waals surface area contributed by atoms with Crippen LogP contribution in [0, 0.1) is 0 Å². The number of amides is 1. The average molecular weight is 263 g/mol. The zero-order chi connectivity index (χ0) is 13.6. The third-order valence-electron chi connectivity index (χ3n) is 1.94. The molecule has 0 radical (unpaired) electrons. The normalized spacial score (nSPS) is 12.8. The first-order chi connectivity index (χ1) is 7.69. The first-order valence-corrected chi connectivity index (χ1v) is 6.05. The number of hydrogen-bond acceptors (Lipinski definition) is 5. The van der Waals surface area contributed by atoms with Gasteiger partial charge >= 0.3 is 12.1 Å². The molecule has 0 bridgehead atoms. The molecule has 1 amide bonds. The highest BCUT2D eigenvalue weighted by molar-refractivity contribution is 7.80. The fraction of sp³-hybridized carbons (Fsp3) is 0.818. The first kappa shape index (κ1) is 16.1. The summed E-state index contributed by atoms with van der Waals surface area (Å²) in [5.74, 6) is -0.0124. The molecule has 5 nitrogen and oxygen atoms in total. The van der Waals surface area contributed by atoms with Gasteiger partial charge in [-0.2, -0.15) is 12.6 Å². The third kappa shape index (κ3) is 6.41. The van der Waals surface area contributed by atoms with Gasteiger partial charge in [0.2, 0.25) is 0 Å². The number of likely N-dealkylation sites (N-methyl/N-ethyl adjacent to an activating group) is 1. The van der Waals surface area contributed by atoms with Gasteiger partial charge < -0.3 is 9.47 Å². The molecule has 0 spiro atoms. The van der Waals surface area contributed by atoms with Crippen molar-refractivity contribution in [3.05, 3.63) is 0 Å². The van der Waals surface area contributed by atoms with Crippen LogP contribution in [0.5, 0.6) is 0 Å². The lowest BCUT2D eigenvalue weighted by Gasteiger charge is -2.27. The molecule has 17 heavy (non-hydrogen) atoms. The summed E-state index contributed by atoms with van der Waals surface area (Å²) in [5, 5.41) is 0. The summed E-state index contributed by atoms with van der Waals surface area (Å²) < 4.78 is 10.0. The summed E-state index contributed by atoms with van der Waals surface area (Å²) in [6.07, 6.45) is -0.548. The Labute approximate surface area is 108 Å². The van der Waals surface area contributed by atoms with E-state index in [4.69, 9.17) is 9.47 Å². The maximum atomic E-state index is 11.7. The minimum atomic E-state index is -0.676. The van der Waals surface area contributed by atoms with E-state index in [-0.39, 0.29) is 6.61 Å². The van der Waals surface area contributed by atoms with E-state index in [1.54, 1.807) is 27.7 Å². The smallest absolute Gasteiger partial charge is 0.410 e. The number of ether oxygens (including phenoxy) is 2. The Morgan fingerprint density at radius 1 is 1.35 bits per heavy atom. The van der Waals surface area contributed by atoms with Gasteiger partial charge in [0.05, 0.1) is 0 Å². The van der Waals surface area contributed by atoms with Crippen LogP contribution in [-0.2, 0) is 14.3 Å². The van der Waals surface area contributed by atoms with E-state index >= 15 is 0 Å². The second-order valence-electron chi connectivity index (χ2n) is 4.66. The Hall–Kier alpha value is -0.910. The highest BCUT2D eigenvalue weighted by Crippen LogP contribution is 2.11. The van der Waals surface area contributed by atoms with Crippen LogP contribution in [0.2, 0.25) is 0 Å². The van der Waals surface area contributed by atoms with Crippen molar-refractivity contribution in [1.82, 2.24) is 4.90 Å². The Morgan fingerprint density at radius 3 is 2.29 bits per heavy atom. The van der Waals surface area contributed by atoms with Crippen LogP contribution in [0.3, 0.4) is 0 Å². The quantitative estimate of drug-likeness (QED) is 0.620. The lowest BCUT2D eigenvalue weighted by atomic mass is 10.2. The van der Waals surface area contributed by atoms with E-state index < -0.39 is 23.7 Å². The summed E-state index contributed by atoms with van der Waals surface area (Å²) >= 11 is 3.93. The Bertz CT molecular complexity index is 275. The van der Waals surface area contributed by atoms with E-state index in [0.29, 0.717) is 5.75 Å². The van der Waals surface area contributed by atoms with Gasteiger partial charge in [0, 0.05) is 12.8 Å². The molecular formula is C11H21NO4S. The maximum absolute atomic E-state index is 11.7. The number of nitrogens with zero attached hydrogens (tertiary/aromatic N) is 1. The number of rotatable bonds is 4. The average Bonchev–Trinajstić information content (AvgIpc) is 2.21. The van der Waals surface area contributed by atoms with Gasteiger partial charge in [0.15, 0.2) is 0 Å². The predicted molar refractivity (Wildman–Crippen MR) is 68.3 cm³/mol. The molecule has 0 rings (SSSR count).